The number of rotatable bonds is 5. The number of likely N-dealkylation sites (tertiary alicyclic amines) is 2. The van der Waals surface area contributed by atoms with Crippen LogP contribution in [0.5, 0.6) is 0 Å². The highest BCUT2D eigenvalue weighted by atomic mass is 16.2. The summed E-state index contributed by atoms with van der Waals surface area (Å²) >= 11 is 0. The molecule has 3 heterocycles. The first-order valence-corrected chi connectivity index (χ1v) is 9.94. The molecule has 0 unspecified atom stereocenters. The number of urea groups is 1. The van der Waals surface area contributed by atoms with E-state index in [9.17, 15) is 4.79 Å². The van der Waals surface area contributed by atoms with Gasteiger partial charge >= 0.3 is 6.03 Å². The minimum absolute atomic E-state index is 0.0341. The molecular formula is C22H24N6O. The Bertz CT molecular complexity index is 973. The fourth-order valence-electron chi connectivity index (χ4n) is 4.31. The number of carbonyl (C=O) groups is 1. The van der Waals surface area contributed by atoms with Gasteiger partial charge in [0.05, 0.1) is 12.2 Å². The van der Waals surface area contributed by atoms with Gasteiger partial charge < -0.3 is 10.2 Å². The van der Waals surface area contributed by atoms with Gasteiger partial charge in [0.1, 0.15) is 6.33 Å². The summed E-state index contributed by atoms with van der Waals surface area (Å²) in [4.78, 5) is 21.0. The van der Waals surface area contributed by atoms with Crippen molar-refractivity contribution in [2.75, 3.05) is 26.2 Å². The Labute approximate surface area is 170 Å². The zero-order valence-corrected chi connectivity index (χ0v) is 16.2. The smallest absolute Gasteiger partial charge is 0.317 e. The number of amides is 2. The van der Waals surface area contributed by atoms with Gasteiger partial charge in [0.25, 0.3) is 0 Å². The molecule has 7 heteroatoms. The van der Waals surface area contributed by atoms with Crippen molar-refractivity contribution in [1.82, 2.24) is 29.9 Å². The van der Waals surface area contributed by atoms with E-state index in [1.165, 1.54) is 5.56 Å². The Morgan fingerprint density at radius 1 is 0.966 bits per heavy atom. The van der Waals surface area contributed by atoms with Crippen molar-refractivity contribution in [3.8, 4) is 5.69 Å². The molecule has 2 saturated heterocycles. The summed E-state index contributed by atoms with van der Waals surface area (Å²) in [5.41, 5.74) is 2.59. The standard InChI is InChI=1S/C22H24N6O/c29-21(23-11-20-24-17-28(25-20)19-9-5-2-6-10-19)27-15-22(16-27)13-26(14-22)12-18-7-3-1-4-8-18/h1-10,17H,11-16H2,(H,23,29). The van der Waals surface area contributed by atoms with Crippen molar-refractivity contribution in [1.29, 1.82) is 0 Å². The third-order valence-corrected chi connectivity index (χ3v) is 5.66. The maximum atomic E-state index is 12.4. The quantitative estimate of drug-likeness (QED) is 0.728. The highest BCUT2D eigenvalue weighted by Gasteiger charge is 2.52. The molecule has 3 aromatic rings. The zero-order valence-electron chi connectivity index (χ0n) is 16.2. The SMILES string of the molecule is O=C(NCc1ncn(-c2ccccc2)n1)N1CC2(CN(Cc3ccccc3)C2)C1. The van der Waals surface area contributed by atoms with Gasteiger partial charge in [-0.05, 0) is 17.7 Å². The number of benzene rings is 2. The lowest BCUT2D eigenvalue weighted by Gasteiger charge is -2.60. The topological polar surface area (TPSA) is 66.3 Å². The molecular weight excluding hydrogens is 364 g/mol. The third kappa shape index (κ3) is 3.73. The van der Waals surface area contributed by atoms with E-state index in [0.717, 1.165) is 38.4 Å². The number of hydrogen-bond donors (Lipinski definition) is 1. The van der Waals surface area contributed by atoms with Gasteiger partial charge in [-0.1, -0.05) is 48.5 Å². The van der Waals surface area contributed by atoms with Crippen molar-refractivity contribution in [2.24, 2.45) is 5.41 Å². The van der Waals surface area contributed by atoms with Crippen molar-refractivity contribution in [3.05, 3.63) is 78.4 Å². The van der Waals surface area contributed by atoms with Crippen LogP contribution in [0, 0.1) is 5.41 Å². The molecule has 2 fully saturated rings. The van der Waals surface area contributed by atoms with E-state index in [-0.39, 0.29) is 6.03 Å². The molecule has 2 aliphatic heterocycles. The first kappa shape index (κ1) is 17.9. The highest BCUT2D eigenvalue weighted by molar-refractivity contribution is 5.75. The summed E-state index contributed by atoms with van der Waals surface area (Å²) in [6.07, 6.45) is 1.67. The van der Waals surface area contributed by atoms with Crippen molar-refractivity contribution in [2.45, 2.75) is 13.1 Å². The van der Waals surface area contributed by atoms with Crippen LogP contribution in [0.25, 0.3) is 5.69 Å². The molecule has 0 atom stereocenters. The van der Waals surface area contributed by atoms with Crippen LogP contribution in [0.1, 0.15) is 11.4 Å². The Balaban J connectivity index is 1.06. The number of hydrogen-bond acceptors (Lipinski definition) is 4. The fraction of sp³-hybridized carbons (Fsp3) is 0.318. The largest absolute Gasteiger partial charge is 0.331 e. The second kappa shape index (κ2) is 7.33. The lowest BCUT2D eigenvalue weighted by atomic mass is 9.73. The molecule has 1 spiro atoms. The van der Waals surface area contributed by atoms with Crippen LogP contribution < -0.4 is 5.32 Å². The minimum atomic E-state index is -0.0341. The fourth-order valence-corrected chi connectivity index (χ4v) is 4.31. The van der Waals surface area contributed by atoms with Gasteiger partial charge in [-0.15, -0.1) is 5.10 Å². The molecule has 148 valence electrons. The van der Waals surface area contributed by atoms with Gasteiger partial charge in [0.2, 0.25) is 0 Å². The lowest BCUT2D eigenvalue weighted by Crippen LogP contribution is -2.73. The van der Waals surface area contributed by atoms with Crippen LogP contribution >= 0.6 is 0 Å². The normalized spacial score (nSPS) is 17.6. The summed E-state index contributed by atoms with van der Waals surface area (Å²) in [6.45, 7) is 5.11. The van der Waals surface area contributed by atoms with Crippen LogP contribution in [0.15, 0.2) is 67.0 Å². The molecule has 2 amide bonds. The van der Waals surface area contributed by atoms with Gasteiger partial charge in [-0.3, -0.25) is 4.90 Å². The first-order valence-electron chi connectivity index (χ1n) is 9.94. The molecule has 0 aliphatic carbocycles. The van der Waals surface area contributed by atoms with Crippen molar-refractivity contribution in [3.63, 3.8) is 0 Å². The molecule has 5 rings (SSSR count). The van der Waals surface area contributed by atoms with Gasteiger partial charge in [0, 0.05) is 38.1 Å². The second-order valence-electron chi connectivity index (χ2n) is 8.09. The molecule has 29 heavy (non-hydrogen) atoms. The molecule has 1 aromatic heterocycles. The van der Waals surface area contributed by atoms with Gasteiger partial charge in [-0.2, -0.15) is 0 Å². The molecule has 1 N–H and O–H groups in total. The van der Waals surface area contributed by atoms with E-state index >= 15 is 0 Å². The van der Waals surface area contributed by atoms with E-state index in [1.807, 2.05) is 41.3 Å². The predicted octanol–water partition coefficient (Wildman–Crippen LogP) is 2.29. The summed E-state index contributed by atoms with van der Waals surface area (Å²) in [5.74, 6) is 0.607. The van der Waals surface area contributed by atoms with Crippen LogP contribution in [-0.4, -0.2) is 56.8 Å². The summed E-state index contributed by atoms with van der Waals surface area (Å²) in [5, 5.41) is 7.36. The van der Waals surface area contributed by atoms with Crippen LogP contribution in [-0.2, 0) is 13.1 Å². The summed E-state index contributed by atoms with van der Waals surface area (Å²) < 4.78 is 1.72. The van der Waals surface area contributed by atoms with Gasteiger partial charge in [-0.25, -0.2) is 14.5 Å². The minimum Gasteiger partial charge on any atom is -0.331 e. The average Bonchev–Trinajstić information content (AvgIpc) is 3.17. The summed E-state index contributed by atoms with van der Waals surface area (Å²) in [7, 11) is 0. The van der Waals surface area contributed by atoms with Crippen LogP contribution in [0.3, 0.4) is 0 Å². The maximum absolute atomic E-state index is 12.4. The van der Waals surface area contributed by atoms with E-state index in [0.29, 0.717) is 17.8 Å². The zero-order chi connectivity index (χ0) is 19.7. The Morgan fingerprint density at radius 2 is 1.66 bits per heavy atom. The molecule has 0 radical (unpaired) electrons. The number of nitrogens with zero attached hydrogens (tertiary/aromatic N) is 5. The number of aromatic nitrogens is 3. The van der Waals surface area contributed by atoms with Crippen molar-refractivity contribution < 1.29 is 4.79 Å². The van der Waals surface area contributed by atoms with Crippen molar-refractivity contribution >= 4 is 6.03 Å². The van der Waals surface area contributed by atoms with Crippen LogP contribution in [0.2, 0.25) is 0 Å². The molecule has 0 bridgehead atoms. The second-order valence-corrected chi connectivity index (χ2v) is 8.09. The highest BCUT2D eigenvalue weighted by Crippen LogP contribution is 2.40. The predicted molar refractivity (Wildman–Crippen MR) is 109 cm³/mol. The third-order valence-electron chi connectivity index (χ3n) is 5.66. The summed E-state index contributed by atoms with van der Waals surface area (Å²) in [6, 6.07) is 20.3. The Hall–Kier alpha value is -3.19. The monoisotopic (exact) mass is 388 g/mol. The van der Waals surface area contributed by atoms with E-state index in [1.54, 1.807) is 11.0 Å². The Kier molecular flexibility index (Phi) is 4.52. The molecule has 0 saturated carbocycles. The number of nitrogens with one attached hydrogen (secondary N) is 1. The molecule has 2 aromatic carbocycles. The average molecular weight is 388 g/mol. The molecule has 7 nitrogen and oxygen atoms in total. The first-order chi connectivity index (χ1) is 14.2. The van der Waals surface area contributed by atoms with Gasteiger partial charge in [0.15, 0.2) is 5.82 Å². The van der Waals surface area contributed by atoms with Crippen LogP contribution in [0.4, 0.5) is 4.79 Å². The maximum Gasteiger partial charge on any atom is 0.317 e. The van der Waals surface area contributed by atoms with E-state index in [4.69, 9.17) is 0 Å². The number of para-hydroxylation sites is 1. The lowest BCUT2D eigenvalue weighted by molar-refractivity contribution is -0.0983. The van der Waals surface area contributed by atoms with E-state index in [2.05, 4.69) is 44.6 Å². The Morgan fingerprint density at radius 3 is 2.38 bits per heavy atom. The number of carbonyl (C=O) groups excluding carboxylic acids is 1. The van der Waals surface area contributed by atoms with E-state index < -0.39 is 0 Å². The molecule has 2 aliphatic rings.